The third kappa shape index (κ3) is 2.79. The number of carbonyl (C=O) groups is 1. The van der Waals surface area contributed by atoms with Gasteiger partial charge in [-0.15, -0.1) is 0 Å². The highest BCUT2D eigenvalue weighted by Gasteiger charge is 2.12. The number of hydrogen-bond donors (Lipinski definition) is 1. The second-order valence-corrected chi connectivity index (χ2v) is 4.55. The second kappa shape index (κ2) is 5.74. The number of ketones is 1. The lowest BCUT2D eigenvalue weighted by Gasteiger charge is -2.24. The number of benzene rings is 2. The van der Waals surface area contributed by atoms with Crippen molar-refractivity contribution in [2.24, 2.45) is 0 Å². The number of Topliss-reactive ketones (excluding diaryl/α,β-unsaturated/α-hetero) is 1. The van der Waals surface area contributed by atoms with Gasteiger partial charge in [-0.1, -0.05) is 6.07 Å². The van der Waals surface area contributed by atoms with E-state index < -0.39 is 0 Å². The van der Waals surface area contributed by atoms with E-state index >= 15 is 0 Å². The molecule has 2 aromatic carbocycles. The monoisotopic (exact) mass is 272 g/mol. The quantitative estimate of drug-likeness (QED) is 0.680. The van der Waals surface area contributed by atoms with E-state index in [1.165, 1.54) is 19.1 Å². The lowest BCUT2D eigenvalue weighted by Crippen LogP contribution is -2.17. The third-order valence-electron chi connectivity index (χ3n) is 3.16. The van der Waals surface area contributed by atoms with E-state index in [4.69, 9.17) is 5.73 Å². The van der Waals surface area contributed by atoms with Crippen LogP contribution in [0.2, 0.25) is 0 Å². The maximum absolute atomic E-state index is 13.4. The van der Waals surface area contributed by atoms with Crippen LogP contribution in [-0.4, -0.2) is 12.3 Å². The molecule has 3 nitrogen and oxygen atoms in total. The molecule has 0 saturated heterocycles. The molecule has 0 spiro atoms. The molecule has 0 aliphatic rings. The minimum Gasteiger partial charge on any atom is -0.398 e. The lowest BCUT2D eigenvalue weighted by atomic mass is 10.1. The van der Waals surface area contributed by atoms with Gasteiger partial charge >= 0.3 is 0 Å². The van der Waals surface area contributed by atoms with Crippen LogP contribution in [0.25, 0.3) is 0 Å². The van der Waals surface area contributed by atoms with Gasteiger partial charge in [0, 0.05) is 29.2 Å². The molecule has 2 rings (SSSR count). The van der Waals surface area contributed by atoms with E-state index in [1.54, 1.807) is 18.2 Å². The van der Waals surface area contributed by atoms with Crippen molar-refractivity contribution < 1.29 is 9.18 Å². The first-order valence-electron chi connectivity index (χ1n) is 6.46. The molecule has 0 aromatic heterocycles. The number of carbonyl (C=O) groups excluding carboxylic acids is 1. The van der Waals surface area contributed by atoms with Crippen molar-refractivity contribution in [2.75, 3.05) is 17.2 Å². The summed E-state index contributed by atoms with van der Waals surface area (Å²) in [5.41, 5.74) is 8.29. The summed E-state index contributed by atoms with van der Waals surface area (Å²) in [6.07, 6.45) is 0. The number of halogens is 1. The van der Waals surface area contributed by atoms with Gasteiger partial charge in [0.15, 0.2) is 5.78 Å². The van der Waals surface area contributed by atoms with Gasteiger partial charge in [0.2, 0.25) is 0 Å². The van der Waals surface area contributed by atoms with Crippen molar-refractivity contribution in [3.05, 3.63) is 53.8 Å². The average molecular weight is 272 g/mol. The Morgan fingerprint density at radius 3 is 2.50 bits per heavy atom. The van der Waals surface area contributed by atoms with Crippen LogP contribution in [0.3, 0.4) is 0 Å². The molecule has 0 heterocycles. The molecule has 0 aliphatic carbocycles. The van der Waals surface area contributed by atoms with Crippen LogP contribution in [0.4, 0.5) is 21.5 Å². The molecular weight excluding hydrogens is 255 g/mol. The Hall–Kier alpha value is -2.36. The molecule has 0 aliphatic heterocycles. The summed E-state index contributed by atoms with van der Waals surface area (Å²) < 4.78 is 13.4. The number of nitrogens with zero attached hydrogens (tertiary/aromatic N) is 1. The molecule has 2 aromatic rings. The van der Waals surface area contributed by atoms with Crippen molar-refractivity contribution in [1.82, 2.24) is 0 Å². The molecular formula is C16H17FN2O. The van der Waals surface area contributed by atoms with E-state index in [2.05, 4.69) is 0 Å². The van der Waals surface area contributed by atoms with Crippen LogP contribution >= 0.6 is 0 Å². The van der Waals surface area contributed by atoms with Crippen LogP contribution in [0.1, 0.15) is 24.2 Å². The summed E-state index contributed by atoms with van der Waals surface area (Å²) >= 11 is 0. The summed E-state index contributed by atoms with van der Waals surface area (Å²) in [5.74, 6) is -0.372. The van der Waals surface area contributed by atoms with Crippen molar-refractivity contribution >= 4 is 22.8 Å². The summed E-state index contributed by atoms with van der Waals surface area (Å²) in [7, 11) is 0. The van der Waals surface area contributed by atoms with Crippen LogP contribution < -0.4 is 10.6 Å². The average Bonchev–Trinajstić information content (AvgIpc) is 2.41. The van der Waals surface area contributed by atoms with Gasteiger partial charge in [0.05, 0.1) is 0 Å². The van der Waals surface area contributed by atoms with E-state index in [1.807, 2.05) is 24.0 Å². The van der Waals surface area contributed by atoms with Gasteiger partial charge in [-0.3, -0.25) is 4.79 Å². The zero-order valence-electron chi connectivity index (χ0n) is 11.6. The molecule has 4 heteroatoms. The fraction of sp³-hybridized carbons (Fsp3) is 0.188. The summed E-state index contributed by atoms with van der Waals surface area (Å²) in [6.45, 7) is 4.10. The molecule has 0 bridgehead atoms. The summed E-state index contributed by atoms with van der Waals surface area (Å²) in [6, 6.07) is 11.6. The van der Waals surface area contributed by atoms with Crippen LogP contribution in [0.5, 0.6) is 0 Å². The van der Waals surface area contributed by atoms with Gasteiger partial charge < -0.3 is 10.6 Å². The standard InChI is InChI=1S/C16H17FN2O/c1-3-19(13-6-4-5-12(17)9-13)14-7-8-16(18)15(10-14)11(2)20/h4-10H,3,18H2,1-2H3. The summed E-state index contributed by atoms with van der Waals surface area (Å²) in [5, 5.41) is 0. The SMILES string of the molecule is CCN(c1cccc(F)c1)c1ccc(N)c(C(C)=O)c1. The zero-order valence-corrected chi connectivity index (χ0v) is 11.6. The highest BCUT2D eigenvalue weighted by molar-refractivity contribution is 6.00. The number of hydrogen-bond acceptors (Lipinski definition) is 3. The highest BCUT2D eigenvalue weighted by atomic mass is 19.1. The van der Waals surface area contributed by atoms with Crippen molar-refractivity contribution in [2.45, 2.75) is 13.8 Å². The highest BCUT2D eigenvalue weighted by Crippen LogP contribution is 2.28. The molecule has 0 fully saturated rings. The molecule has 2 N–H and O–H groups in total. The second-order valence-electron chi connectivity index (χ2n) is 4.55. The number of anilines is 3. The first-order valence-corrected chi connectivity index (χ1v) is 6.46. The molecule has 20 heavy (non-hydrogen) atoms. The van der Waals surface area contributed by atoms with E-state index in [9.17, 15) is 9.18 Å². The molecule has 0 amide bonds. The normalized spacial score (nSPS) is 10.3. The van der Waals surface area contributed by atoms with E-state index in [0.717, 1.165) is 11.4 Å². The lowest BCUT2D eigenvalue weighted by molar-refractivity contribution is 0.101. The Bertz CT molecular complexity index is 640. The topological polar surface area (TPSA) is 46.3 Å². The molecule has 0 radical (unpaired) electrons. The minimum atomic E-state index is -0.289. The zero-order chi connectivity index (χ0) is 14.7. The molecule has 0 atom stereocenters. The largest absolute Gasteiger partial charge is 0.398 e. The summed E-state index contributed by atoms with van der Waals surface area (Å²) in [4.78, 5) is 13.5. The van der Waals surface area contributed by atoms with Gasteiger partial charge in [-0.05, 0) is 50.2 Å². The fourth-order valence-corrected chi connectivity index (χ4v) is 2.18. The predicted molar refractivity (Wildman–Crippen MR) is 79.9 cm³/mol. The van der Waals surface area contributed by atoms with Crippen LogP contribution in [0, 0.1) is 5.82 Å². The number of nitrogens with two attached hydrogens (primary N) is 1. The van der Waals surface area contributed by atoms with Crippen molar-refractivity contribution in [3.8, 4) is 0 Å². The predicted octanol–water partition coefficient (Wildman–Crippen LogP) is 3.77. The Labute approximate surface area is 117 Å². The fourth-order valence-electron chi connectivity index (χ4n) is 2.18. The minimum absolute atomic E-state index is 0.0837. The third-order valence-corrected chi connectivity index (χ3v) is 3.16. The maximum Gasteiger partial charge on any atom is 0.161 e. The maximum atomic E-state index is 13.4. The first kappa shape index (κ1) is 14.1. The van der Waals surface area contributed by atoms with Gasteiger partial charge in [0.25, 0.3) is 0 Å². The Morgan fingerprint density at radius 1 is 1.20 bits per heavy atom. The molecule has 104 valence electrons. The van der Waals surface area contributed by atoms with Gasteiger partial charge in [-0.25, -0.2) is 4.39 Å². The van der Waals surface area contributed by atoms with E-state index in [0.29, 0.717) is 17.8 Å². The molecule has 0 unspecified atom stereocenters. The first-order chi connectivity index (χ1) is 9.52. The van der Waals surface area contributed by atoms with Crippen molar-refractivity contribution in [3.63, 3.8) is 0 Å². The molecule has 0 saturated carbocycles. The smallest absolute Gasteiger partial charge is 0.161 e. The number of rotatable bonds is 4. The Kier molecular flexibility index (Phi) is 4.03. The Morgan fingerprint density at radius 2 is 1.90 bits per heavy atom. The van der Waals surface area contributed by atoms with Crippen LogP contribution in [-0.2, 0) is 0 Å². The van der Waals surface area contributed by atoms with Gasteiger partial charge in [-0.2, -0.15) is 0 Å². The van der Waals surface area contributed by atoms with E-state index in [-0.39, 0.29) is 11.6 Å². The number of nitrogen functional groups attached to an aromatic ring is 1. The van der Waals surface area contributed by atoms with Crippen LogP contribution in [0.15, 0.2) is 42.5 Å². The van der Waals surface area contributed by atoms with Crippen molar-refractivity contribution in [1.29, 1.82) is 0 Å². The van der Waals surface area contributed by atoms with Gasteiger partial charge in [0.1, 0.15) is 5.82 Å². The Balaban J connectivity index is 2.47.